The predicted molar refractivity (Wildman–Crippen MR) is 129 cm³/mol. The summed E-state index contributed by atoms with van der Waals surface area (Å²) in [5.41, 5.74) is 1.87. The van der Waals surface area contributed by atoms with Crippen LogP contribution in [0, 0.1) is 17.8 Å². The molecule has 9 heteroatoms. The Morgan fingerprint density at radius 1 is 1.08 bits per heavy atom. The molecule has 1 aromatic heterocycles. The Kier molecular flexibility index (Phi) is 6.58. The number of carbonyl (C=O) groups excluding carboxylic acids is 4. The number of amides is 2. The second-order valence-electron chi connectivity index (χ2n) is 10.2. The van der Waals surface area contributed by atoms with Crippen LogP contribution < -0.4 is 0 Å². The van der Waals surface area contributed by atoms with Crippen molar-refractivity contribution in [2.45, 2.75) is 58.0 Å². The summed E-state index contributed by atoms with van der Waals surface area (Å²) in [7, 11) is 0. The van der Waals surface area contributed by atoms with Crippen LogP contribution in [0.15, 0.2) is 51.0 Å². The standard InChI is InChI=1S/C28H29NO8/c1-14-11-20(31)19-12-18-16(24(25(19)26(14)34)21-9-6-15(13-30)37-21)7-8-17-23(18)28(36)29(27(17)35)10-4-2-3-5-22(32)33/h6-7,9,11,17-18,23-24,30H,2-5,8,10,12-13H2,1H3,(H,32,33)/t17-,18+,23-,24+/m0/s1. The van der Waals surface area contributed by atoms with Crippen LogP contribution in [0.4, 0.5) is 0 Å². The van der Waals surface area contributed by atoms with Crippen molar-refractivity contribution in [2.24, 2.45) is 17.8 Å². The van der Waals surface area contributed by atoms with Crippen LogP contribution in [-0.4, -0.2) is 51.0 Å². The van der Waals surface area contributed by atoms with Crippen molar-refractivity contribution in [1.29, 1.82) is 0 Å². The Morgan fingerprint density at radius 3 is 2.57 bits per heavy atom. The predicted octanol–water partition coefficient (Wildman–Crippen LogP) is 2.85. The quantitative estimate of drug-likeness (QED) is 0.237. The molecule has 3 aliphatic carbocycles. The number of nitrogens with zero attached hydrogens (tertiary/aromatic N) is 1. The first-order valence-electron chi connectivity index (χ1n) is 12.7. The van der Waals surface area contributed by atoms with Crippen LogP contribution in [0.5, 0.6) is 0 Å². The summed E-state index contributed by atoms with van der Waals surface area (Å²) in [6.07, 6.45) is 5.46. The van der Waals surface area contributed by atoms with E-state index in [4.69, 9.17) is 9.52 Å². The zero-order valence-corrected chi connectivity index (χ0v) is 20.6. The summed E-state index contributed by atoms with van der Waals surface area (Å²) < 4.78 is 5.85. The first-order chi connectivity index (χ1) is 17.7. The average molecular weight is 508 g/mol. The third-order valence-electron chi connectivity index (χ3n) is 8.05. The molecule has 0 radical (unpaired) electrons. The number of furan rings is 1. The van der Waals surface area contributed by atoms with Crippen LogP contribution >= 0.6 is 0 Å². The van der Waals surface area contributed by atoms with Crippen molar-refractivity contribution in [3.8, 4) is 0 Å². The van der Waals surface area contributed by atoms with E-state index in [0.29, 0.717) is 53.9 Å². The summed E-state index contributed by atoms with van der Waals surface area (Å²) in [5, 5.41) is 18.3. The molecule has 194 valence electrons. The molecule has 1 aliphatic heterocycles. The number of aliphatic hydroxyl groups excluding tert-OH is 1. The van der Waals surface area contributed by atoms with E-state index in [1.54, 1.807) is 19.1 Å². The molecule has 0 unspecified atom stereocenters. The van der Waals surface area contributed by atoms with E-state index in [2.05, 4.69) is 0 Å². The highest BCUT2D eigenvalue weighted by molar-refractivity contribution is 6.23. The lowest BCUT2D eigenvalue weighted by Crippen LogP contribution is -2.39. The molecular formula is C28H29NO8. The Morgan fingerprint density at radius 2 is 1.86 bits per heavy atom. The number of ketones is 2. The number of rotatable bonds is 8. The van der Waals surface area contributed by atoms with Gasteiger partial charge in [-0.15, -0.1) is 0 Å². The molecular weight excluding hydrogens is 478 g/mol. The molecule has 0 bridgehead atoms. The van der Waals surface area contributed by atoms with Gasteiger partial charge in [-0.2, -0.15) is 0 Å². The molecule has 0 spiro atoms. The van der Waals surface area contributed by atoms with E-state index in [-0.39, 0.29) is 49.4 Å². The second kappa shape index (κ2) is 9.70. The molecule has 5 rings (SSSR count). The molecule has 2 amide bonds. The van der Waals surface area contributed by atoms with Gasteiger partial charge >= 0.3 is 5.97 Å². The van der Waals surface area contributed by atoms with Crippen LogP contribution in [-0.2, 0) is 30.6 Å². The third kappa shape index (κ3) is 4.21. The summed E-state index contributed by atoms with van der Waals surface area (Å²) >= 11 is 0. The van der Waals surface area contributed by atoms with Gasteiger partial charge in [0.25, 0.3) is 0 Å². The van der Waals surface area contributed by atoms with E-state index in [0.717, 1.165) is 5.57 Å². The van der Waals surface area contributed by atoms with Crippen molar-refractivity contribution in [1.82, 2.24) is 4.90 Å². The van der Waals surface area contributed by atoms with Gasteiger partial charge in [-0.25, -0.2) is 0 Å². The van der Waals surface area contributed by atoms with Gasteiger partial charge in [-0.3, -0.25) is 28.9 Å². The van der Waals surface area contributed by atoms with Crippen LogP contribution in [0.25, 0.3) is 0 Å². The minimum Gasteiger partial charge on any atom is -0.481 e. The molecule has 1 saturated heterocycles. The smallest absolute Gasteiger partial charge is 0.303 e. The molecule has 4 atom stereocenters. The number of carboxylic acids is 1. The van der Waals surface area contributed by atoms with Gasteiger partial charge in [-0.1, -0.05) is 18.1 Å². The molecule has 0 saturated carbocycles. The molecule has 0 aromatic carbocycles. The zero-order chi connectivity index (χ0) is 26.4. The fraction of sp³-hybridized carbons (Fsp3) is 0.464. The van der Waals surface area contributed by atoms with E-state index in [1.165, 1.54) is 11.0 Å². The van der Waals surface area contributed by atoms with Crippen LogP contribution in [0.1, 0.15) is 62.9 Å². The van der Waals surface area contributed by atoms with Gasteiger partial charge in [0.2, 0.25) is 11.8 Å². The maximum atomic E-state index is 13.6. The minimum absolute atomic E-state index is 0.0484. The number of Topliss-reactive ketones (excluding diaryl/α,β-unsaturated/α-hetero) is 1. The number of allylic oxidation sites excluding steroid dienone is 6. The number of fused-ring (bicyclic) bond motifs is 3. The molecule has 1 fully saturated rings. The highest BCUT2D eigenvalue weighted by atomic mass is 16.4. The maximum absolute atomic E-state index is 13.6. The van der Waals surface area contributed by atoms with Gasteiger partial charge in [0, 0.05) is 29.7 Å². The lowest BCUT2D eigenvalue weighted by molar-refractivity contribution is -0.141. The van der Waals surface area contributed by atoms with Crippen molar-refractivity contribution < 1.29 is 38.6 Å². The van der Waals surface area contributed by atoms with Gasteiger partial charge < -0.3 is 14.6 Å². The minimum atomic E-state index is -0.873. The van der Waals surface area contributed by atoms with Gasteiger partial charge in [0.15, 0.2) is 11.6 Å². The highest BCUT2D eigenvalue weighted by Crippen LogP contribution is 2.55. The van der Waals surface area contributed by atoms with Gasteiger partial charge in [0.1, 0.15) is 18.1 Å². The Balaban J connectivity index is 1.47. The SMILES string of the molecule is CC1=CC(=O)C2=C(C1=O)[C@@H](c1ccc(CO)o1)C1=CC[C@@H]3C(=O)N(CCCCCC(=O)O)C(=O)[C@@H]3[C@@H]1C2. The summed E-state index contributed by atoms with van der Waals surface area (Å²) in [4.78, 5) is 65.2. The third-order valence-corrected chi connectivity index (χ3v) is 8.05. The first-order valence-corrected chi connectivity index (χ1v) is 12.7. The topological polar surface area (TPSA) is 142 Å². The largest absolute Gasteiger partial charge is 0.481 e. The number of aliphatic hydroxyl groups is 1. The van der Waals surface area contributed by atoms with E-state index >= 15 is 0 Å². The summed E-state index contributed by atoms with van der Waals surface area (Å²) in [6.45, 7) is 1.53. The lowest BCUT2D eigenvalue weighted by atomic mass is 9.60. The van der Waals surface area contributed by atoms with Gasteiger partial charge in [0.05, 0.1) is 17.8 Å². The van der Waals surface area contributed by atoms with Crippen LogP contribution in [0.2, 0.25) is 0 Å². The van der Waals surface area contributed by atoms with Crippen molar-refractivity contribution >= 4 is 29.4 Å². The fourth-order valence-corrected chi connectivity index (χ4v) is 6.33. The number of hydrogen-bond acceptors (Lipinski definition) is 7. The first kappa shape index (κ1) is 25.1. The maximum Gasteiger partial charge on any atom is 0.303 e. The number of hydrogen-bond donors (Lipinski definition) is 2. The number of unbranched alkanes of at least 4 members (excludes halogenated alkanes) is 2. The molecule has 2 heterocycles. The molecule has 2 N–H and O–H groups in total. The van der Waals surface area contributed by atoms with Crippen molar-refractivity contribution in [3.05, 3.63) is 58.1 Å². The Labute approximate surface area is 213 Å². The molecule has 4 aliphatic rings. The van der Waals surface area contributed by atoms with E-state index in [1.807, 2.05) is 6.08 Å². The van der Waals surface area contributed by atoms with Crippen LogP contribution in [0.3, 0.4) is 0 Å². The van der Waals surface area contributed by atoms with Crippen molar-refractivity contribution in [3.63, 3.8) is 0 Å². The van der Waals surface area contributed by atoms with Gasteiger partial charge in [-0.05, 0) is 56.7 Å². The molecule has 37 heavy (non-hydrogen) atoms. The number of carbonyl (C=O) groups is 5. The Hall–Kier alpha value is -3.59. The average Bonchev–Trinajstić information content (AvgIpc) is 3.44. The van der Waals surface area contributed by atoms with Crippen molar-refractivity contribution in [2.75, 3.05) is 6.54 Å². The number of aliphatic carboxylic acids is 1. The normalized spacial score (nSPS) is 27.1. The lowest BCUT2D eigenvalue weighted by Gasteiger charge is -2.41. The summed E-state index contributed by atoms with van der Waals surface area (Å²) in [5.74, 6) is -3.38. The molecule has 1 aromatic rings. The zero-order valence-electron chi connectivity index (χ0n) is 20.6. The number of imide groups is 1. The second-order valence-corrected chi connectivity index (χ2v) is 10.2. The number of likely N-dealkylation sites (tertiary alicyclic amines) is 1. The van der Waals surface area contributed by atoms with E-state index in [9.17, 15) is 29.1 Å². The fourth-order valence-electron chi connectivity index (χ4n) is 6.33. The molecule has 9 nitrogen and oxygen atoms in total. The van der Waals surface area contributed by atoms with E-state index < -0.39 is 29.6 Å². The highest BCUT2D eigenvalue weighted by Gasteiger charge is 2.56. The number of carboxylic acid groups (broad SMARTS) is 1. The monoisotopic (exact) mass is 507 g/mol. The Bertz CT molecular complexity index is 1290. The summed E-state index contributed by atoms with van der Waals surface area (Å²) in [6, 6.07) is 3.31.